The molecule has 0 unspecified atom stereocenters. The third-order valence-corrected chi connectivity index (χ3v) is 6.01. The first-order chi connectivity index (χ1) is 17.6. The van der Waals surface area contributed by atoms with Crippen molar-refractivity contribution in [2.75, 3.05) is 19.2 Å². The number of ether oxygens (including phenoxy) is 3. The lowest BCUT2D eigenvalue weighted by Gasteiger charge is -2.24. The van der Waals surface area contributed by atoms with Crippen molar-refractivity contribution in [1.29, 1.82) is 0 Å². The second-order valence-electron chi connectivity index (χ2n) is 8.25. The monoisotopic (exact) mass is 486 g/mol. The van der Waals surface area contributed by atoms with E-state index in [0.29, 0.717) is 36.3 Å². The number of benzene rings is 2. The minimum absolute atomic E-state index is 0.152. The Bertz CT molecular complexity index is 1510. The molecule has 2 aromatic heterocycles. The molecule has 12 nitrogen and oxygen atoms in total. The number of methoxy groups -OCH3 is 1. The number of anilines is 1. The molecule has 2 aromatic carbocycles. The number of hydrogen-bond acceptors (Lipinski definition) is 10. The normalized spacial score (nSPS) is 14.9. The Morgan fingerprint density at radius 1 is 1.19 bits per heavy atom. The summed E-state index contributed by atoms with van der Waals surface area (Å²) in [5.41, 5.74) is 9.86. The van der Waals surface area contributed by atoms with Gasteiger partial charge in [0, 0.05) is 29.2 Å². The molecule has 0 spiro atoms. The van der Waals surface area contributed by atoms with Gasteiger partial charge in [-0.1, -0.05) is 0 Å². The van der Waals surface area contributed by atoms with Gasteiger partial charge < -0.3 is 25.3 Å². The number of H-pyrrole nitrogens is 1. The Balaban J connectivity index is 1.45. The van der Waals surface area contributed by atoms with E-state index in [2.05, 4.69) is 30.4 Å². The van der Waals surface area contributed by atoms with Crippen LogP contribution >= 0.6 is 0 Å². The third kappa shape index (κ3) is 3.82. The number of nitrogens with one attached hydrogen (secondary N) is 2. The van der Waals surface area contributed by atoms with Gasteiger partial charge in [-0.15, -0.1) is 9.78 Å². The Hall–Kier alpha value is -4.71. The summed E-state index contributed by atoms with van der Waals surface area (Å²) in [5.74, 6) is 2.24. The van der Waals surface area contributed by atoms with Crippen LogP contribution in [0.25, 0.3) is 5.95 Å². The van der Waals surface area contributed by atoms with Crippen molar-refractivity contribution in [2.45, 2.75) is 19.2 Å². The van der Waals surface area contributed by atoms with Crippen molar-refractivity contribution in [3.05, 3.63) is 87.4 Å². The Morgan fingerprint density at radius 3 is 2.89 bits per heavy atom. The zero-order valence-corrected chi connectivity index (χ0v) is 19.3. The topological polar surface area (TPSA) is 155 Å². The smallest absolute Gasteiger partial charge is 0.350 e. The second kappa shape index (κ2) is 8.82. The molecule has 6 rings (SSSR count). The highest BCUT2D eigenvalue weighted by molar-refractivity contribution is 6.01. The summed E-state index contributed by atoms with van der Waals surface area (Å²) in [6.07, 6.45) is 3.09. The quantitative estimate of drug-likeness (QED) is 0.369. The van der Waals surface area contributed by atoms with E-state index in [0.717, 1.165) is 32.6 Å². The molecule has 2 aliphatic rings. The van der Waals surface area contributed by atoms with Crippen molar-refractivity contribution < 1.29 is 14.2 Å². The van der Waals surface area contributed by atoms with Crippen LogP contribution in [0.15, 0.2) is 58.6 Å². The van der Waals surface area contributed by atoms with Crippen molar-refractivity contribution >= 4 is 11.5 Å². The summed E-state index contributed by atoms with van der Waals surface area (Å²) in [6, 6.07) is 10.7. The Kier molecular flexibility index (Phi) is 5.34. The van der Waals surface area contributed by atoms with E-state index in [4.69, 9.17) is 19.9 Å². The minimum atomic E-state index is -0.568. The highest BCUT2D eigenvalue weighted by Crippen LogP contribution is 2.39. The SMILES string of the molecule is COc1cc([C@H](Nc2ccc3c(c2)CN=C3N)c2nn(-c3ncccn3)c(=O)[nH]2)cc2c1OCOC2. The minimum Gasteiger partial charge on any atom is -0.493 e. The molecule has 0 radical (unpaired) electrons. The van der Waals surface area contributed by atoms with E-state index in [1.165, 1.54) is 0 Å². The van der Waals surface area contributed by atoms with Crippen LogP contribution < -0.4 is 26.2 Å². The number of rotatable bonds is 6. The Labute approximate surface area is 204 Å². The van der Waals surface area contributed by atoms with E-state index in [1.54, 1.807) is 25.6 Å². The van der Waals surface area contributed by atoms with Crippen LogP contribution in [-0.2, 0) is 17.9 Å². The van der Waals surface area contributed by atoms with Crippen molar-refractivity contribution in [2.24, 2.45) is 10.7 Å². The van der Waals surface area contributed by atoms with Gasteiger partial charge in [0.2, 0.25) is 0 Å². The van der Waals surface area contributed by atoms with Crippen LogP contribution in [0.1, 0.15) is 34.1 Å². The lowest BCUT2D eigenvalue weighted by Crippen LogP contribution is -2.18. The van der Waals surface area contributed by atoms with Crippen LogP contribution in [0, 0.1) is 0 Å². The van der Waals surface area contributed by atoms with Crippen LogP contribution in [-0.4, -0.2) is 44.5 Å². The fraction of sp³-hybridized carbons (Fsp3) is 0.208. The number of aliphatic imine (C=N–C) groups is 1. The van der Waals surface area contributed by atoms with E-state index >= 15 is 0 Å². The molecule has 0 saturated heterocycles. The Morgan fingerprint density at radius 2 is 2.06 bits per heavy atom. The average Bonchev–Trinajstić information content (AvgIpc) is 3.49. The summed E-state index contributed by atoms with van der Waals surface area (Å²) in [5, 5.41) is 8.01. The zero-order valence-electron chi connectivity index (χ0n) is 19.3. The maximum Gasteiger partial charge on any atom is 0.350 e. The number of fused-ring (bicyclic) bond motifs is 2. The number of amidine groups is 1. The lowest BCUT2D eigenvalue weighted by atomic mass is 10.0. The van der Waals surface area contributed by atoms with Gasteiger partial charge in [-0.25, -0.2) is 14.8 Å². The van der Waals surface area contributed by atoms with E-state index < -0.39 is 11.7 Å². The number of aromatic nitrogens is 5. The molecule has 0 saturated carbocycles. The molecule has 2 aliphatic heterocycles. The molecule has 1 atom stereocenters. The van der Waals surface area contributed by atoms with Gasteiger partial charge in [0.25, 0.3) is 5.95 Å². The molecular formula is C24H22N8O4. The van der Waals surface area contributed by atoms with Crippen LogP contribution in [0.3, 0.4) is 0 Å². The number of aromatic amines is 1. The third-order valence-electron chi connectivity index (χ3n) is 6.01. The van der Waals surface area contributed by atoms with Gasteiger partial charge >= 0.3 is 5.69 Å². The largest absolute Gasteiger partial charge is 0.493 e. The number of nitrogens with two attached hydrogens (primary N) is 1. The van der Waals surface area contributed by atoms with Gasteiger partial charge in [0.1, 0.15) is 11.9 Å². The molecule has 12 heteroatoms. The highest BCUT2D eigenvalue weighted by Gasteiger charge is 2.26. The van der Waals surface area contributed by atoms with Crippen LogP contribution in [0.5, 0.6) is 11.5 Å². The van der Waals surface area contributed by atoms with Gasteiger partial charge in [0.15, 0.2) is 24.1 Å². The molecule has 0 aliphatic carbocycles. The van der Waals surface area contributed by atoms with E-state index in [-0.39, 0.29) is 12.7 Å². The lowest BCUT2D eigenvalue weighted by molar-refractivity contribution is -0.0180. The van der Waals surface area contributed by atoms with Gasteiger partial charge in [-0.05, 0) is 47.5 Å². The van der Waals surface area contributed by atoms with Gasteiger partial charge in [-0.2, -0.15) is 0 Å². The second-order valence-corrected chi connectivity index (χ2v) is 8.25. The molecule has 4 aromatic rings. The molecule has 4 heterocycles. The first kappa shape index (κ1) is 21.8. The first-order valence-electron chi connectivity index (χ1n) is 11.2. The average molecular weight is 486 g/mol. The fourth-order valence-electron chi connectivity index (χ4n) is 4.33. The predicted octanol–water partition coefficient (Wildman–Crippen LogP) is 1.65. The summed E-state index contributed by atoms with van der Waals surface area (Å²) in [6.45, 7) is 1.03. The molecule has 36 heavy (non-hydrogen) atoms. The van der Waals surface area contributed by atoms with Crippen molar-refractivity contribution in [1.82, 2.24) is 24.7 Å². The summed E-state index contributed by atoms with van der Waals surface area (Å²) >= 11 is 0. The maximum absolute atomic E-state index is 12.8. The molecular weight excluding hydrogens is 464 g/mol. The fourth-order valence-corrected chi connectivity index (χ4v) is 4.33. The molecule has 0 amide bonds. The van der Waals surface area contributed by atoms with E-state index in [1.807, 2.05) is 30.3 Å². The van der Waals surface area contributed by atoms with Crippen molar-refractivity contribution in [3.8, 4) is 17.4 Å². The summed E-state index contributed by atoms with van der Waals surface area (Å²) in [7, 11) is 1.58. The molecule has 0 fully saturated rings. The standard InChI is InChI=1S/C24H22N8O4/c1-34-18-9-13(7-15-11-35-12-36-20(15)18)19(29-16-3-4-17-14(8-16)10-28-21(17)25)22-30-24(33)32(31-22)23-26-5-2-6-27-23/h2-9,19,29H,10-12H2,1H3,(H2,25,28)(H,30,31,33)/t19-/m0/s1. The summed E-state index contributed by atoms with van der Waals surface area (Å²) in [4.78, 5) is 28.3. The van der Waals surface area contributed by atoms with Gasteiger partial charge in [-0.3, -0.25) is 9.98 Å². The highest BCUT2D eigenvalue weighted by atomic mass is 16.7. The first-order valence-corrected chi connectivity index (χ1v) is 11.2. The molecule has 0 bridgehead atoms. The molecule has 182 valence electrons. The summed E-state index contributed by atoms with van der Waals surface area (Å²) < 4.78 is 17.9. The van der Waals surface area contributed by atoms with Crippen LogP contribution in [0.4, 0.5) is 5.69 Å². The predicted molar refractivity (Wildman–Crippen MR) is 129 cm³/mol. The van der Waals surface area contributed by atoms with Gasteiger partial charge in [0.05, 0.1) is 20.3 Å². The van der Waals surface area contributed by atoms with Crippen LogP contribution in [0.2, 0.25) is 0 Å². The number of hydrogen-bond donors (Lipinski definition) is 3. The maximum atomic E-state index is 12.8. The van der Waals surface area contributed by atoms with E-state index in [9.17, 15) is 4.79 Å². The zero-order chi connectivity index (χ0) is 24.6. The van der Waals surface area contributed by atoms with Crippen molar-refractivity contribution in [3.63, 3.8) is 0 Å². The molecule has 4 N–H and O–H groups in total. The number of nitrogens with zero attached hydrogens (tertiary/aromatic N) is 5.